The molecule has 28 heavy (non-hydrogen) atoms. The lowest BCUT2D eigenvalue weighted by Gasteiger charge is -2.11. The zero-order valence-electron chi connectivity index (χ0n) is 15.7. The molecule has 0 spiro atoms. The van der Waals surface area contributed by atoms with Gasteiger partial charge in [-0.1, -0.05) is 24.3 Å². The van der Waals surface area contributed by atoms with Gasteiger partial charge in [0.15, 0.2) is 11.7 Å². The maximum atomic E-state index is 12.6. The van der Waals surface area contributed by atoms with E-state index in [2.05, 4.69) is 20.6 Å². The van der Waals surface area contributed by atoms with Crippen molar-refractivity contribution in [1.29, 1.82) is 0 Å². The van der Waals surface area contributed by atoms with Gasteiger partial charge < -0.3 is 15.4 Å². The summed E-state index contributed by atoms with van der Waals surface area (Å²) in [6.45, 7) is 4.12. The molecule has 1 aromatic carbocycles. The highest BCUT2D eigenvalue weighted by atomic mass is 127. The van der Waals surface area contributed by atoms with E-state index in [1.807, 2.05) is 31.2 Å². The third-order valence-corrected chi connectivity index (χ3v) is 4.45. The minimum Gasteiger partial charge on any atom is -0.380 e. The van der Waals surface area contributed by atoms with Crippen LogP contribution < -0.4 is 10.6 Å². The monoisotopic (exact) mass is 528 g/mol. The summed E-state index contributed by atoms with van der Waals surface area (Å²) < 4.78 is 42.9. The molecule has 0 saturated carbocycles. The van der Waals surface area contributed by atoms with Gasteiger partial charge in [-0.15, -0.1) is 35.3 Å². The van der Waals surface area contributed by atoms with E-state index in [0.717, 1.165) is 27.8 Å². The summed E-state index contributed by atoms with van der Waals surface area (Å²) in [5.74, 6) is 0.613. The van der Waals surface area contributed by atoms with Gasteiger partial charge in [-0.2, -0.15) is 13.2 Å². The maximum absolute atomic E-state index is 12.6. The number of nitrogens with one attached hydrogen (secondary N) is 2. The van der Waals surface area contributed by atoms with Gasteiger partial charge in [0.1, 0.15) is 0 Å². The molecule has 156 valence electrons. The molecule has 1 heterocycles. The Bertz CT molecular complexity index is 752. The number of aromatic nitrogens is 1. The van der Waals surface area contributed by atoms with Crippen LogP contribution in [0.5, 0.6) is 0 Å². The second-order valence-corrected chi connectivity index (χ2v) is 6.69. The normalized spacial score (nSPS) is 11.8. The molecular weight excluding hydrogens is 504 g/mol. The Balaban J connectivity index is 0.00000392. The summed E-state index contributed by atoms with van der Waals surface area (Å²) >= 11 is 1.01. The van der Waals surface area contributed by atoms with Crippen molar-refractivity contribution in [1.82, 2.24) is 15.6 Å². The lowest BCUT2D eigenvalue weighted by molar-refractivity contribution is -0.140. The number of methoxy groups -OCH3 is 1. The van der Waals surface area contributed by atoms with E-state index in [1.54, 1.807) is 7.11 Å². The number of thiazole rings is 1. The predicted molar refractivity (Wildman–Crippen MR) is 116 cm³/mol. The zero-order chi connectivity index (χ0) is 19.7. The second-order valence-electron chi connectivity index (χ2n) is 5.75. The first kappa shape index (κ1) is 24.6. The van der Waals surface area contributed by atoms with E-state index in [0.29, 0.717) is 43.6 Å². The van der Waals surface area contributed by atoms with Crippen molar-refractivity contribution < 1.29 is 17.9 Å². The van der Waals surface area contributed by atoms with Crippen molar-refractivity contribution in [3.63, 3.8) is 0 Å². The Morgan fingerprint density at radius 1 is 1.25 bits per heavy atom. The van der Waals surface area contributed by atoms with Crippen LogP contribution >= 0.6 is 35.3 Å². The molecular formula is C18H24F3IN4OS. The van der Waals surface area contributed by atoms with Gasteiger partial charge in [0.2, 0.25) is 0 Å². The van der Waals surface area contributed by atoms with Gasteiger partial charge in [0.05, 0.1) is 18.2 Å². The Hall–Kier alpha value is -1.40. The average molecular weight is 528 g/mol. The number of aliphatic imine (C=N–C) groups is 1. The minimum absolute atomic E-state index is 0. The van der Waals surface area contributed by atoms with Crippen LogP contribution in [0.15, 0.2) is 34.6 Å². The molecule has 2 N–H and O–H groups in total. The van der Waals surface area contributed by atoms with Crippen LogP contribution in [-0.4, -0.2) is 31.1 Å². The molecule has 10 heteroatoms. The van der Waals surface area contributed by atoms with E-state index in [4.69, 9.17) is 4.74 Å². The molecule has 0 aliphatic carbocycles. The molecule has 5 nitrogen and oxygen atoms in total. The van der Waals surface area contributed by atoms with Crippen molar-refractivity contribution in [3.8, 4) is 0 Å². The molecule has 0 fully saturated rings. The summed E-state index contributed by atoms with van der Waals surface area (Å²) in [6.07, 6.45) is -4.00. The first-order valence-electron chi connectivity index (χ1n) is 8.53. The van der Waals surface area contributed by atoms with Crippen LogP contribution in [0.1, 0.15) is 28.8 Å². The molecule has 0 radical (unpaired) electrons. The molecule has 0 unspecified atom stereocenters. The van der Waals surface area contributed by atoms with Crippen LogP contribution in [0, 0.1) is 0 Å². The second kappa shape index (κ2) is 12.2. The Kier molecular flexibility index (Phi) is 10.8. The summed E-state index contributed by atoms with van der Waals surface area (Å²) in [7, 11) is 1.65. The largest absolute Gasteiger partial charge is 0.434 e. The Morgan fingerprint density at radius 3 is 2.64 bits per heavy atom. The number of alkyl halides is 3. The molecule has 0 saturated heterocycles. The Labute approximate surface area is 183 Å². The number of halogens is 4. The summed E-state index contributed by atoms with van der Waals surface area (Å²) in [6, 6.07) is 7.97. The standard InChI is InChI=1S/C18H23F3N4OS.HI/c1-3-22-17(24-10-13-5-4-6-14(9-13)11-26-2)23-8-7-16-25-15(12-27-16)18(19,20)21;/h4-6,9,12H,3,7-8,10-11H2,1-2H3,(H2,22,23,24);1H. The van der Waals surface area contributed by atoms with Gasteiger partial charge in [-0.25, -0.2) is 9.98 Å². The number of hydrogen-bond acceptors (Lipinski definition) is 4. The van der Waals surface area contributed by atoms with Crippen LogP contribution in [0.4, 0.5) is 13.2 Å². The van der Waals surface area contributed by atoms with E-state index in [-0.39, 0.29) is 24.0 Å². The summed E-state index contributed by atoms with van der Waals surface area (Å²) in [5, 5.41) is 7.74. The van der Waals surface area contributed by atoms with Crippen LogP contribution in [0.2, 0.25) is 0 Å². The van der Waals surface area contributed by atoms with E-state index in [1.165, 1.54) is 0 Å². The van der Waals surface area contributed by atoms with Crippen molar-refractivity contribution in [2.75, 3.05) is 20.2 Å². The molecule has 2 aromatic rings. The topological polar surface area (TPSA) is 58.5 Å². The molecule has 0 bridgehead atoms. The van der Waals surface area contributed by atoms with E-state index < -0.39 is 11.9 Å². The predicted octanol–water partition coefficient (Wildman–Crippen LogP) is 4.22. The summed E-state index contributed by atoms with van der Waals surface area (Å²) in [4.78, 5) is 8.14. The van der Waals surface area contributed by atoms with Crippen molar-refractivity contribution >= 4 is 41.3 Å². The molecule has 0 atom stereocenters. The average Bonchev–Trinajstić information content (AvgIpc) is 3.10. The van der Waals surface area contributed by atoms with Crippen molar-refractivity contribution in [3.05, 3.63) is 51.5 Å². The van der Waals surface area contributed by atoms with Crippen LogP contribution in [-0.2, 0) is 30.5 Å². The van der Waals surface area contributed by atoms with Gasteiger partial charge >= 0.3 is 6.18 Å². The third kappa shape index (κ3) is 8.31. The third-order valence-electron chi connectivity index (χ3n) is 3.54. The van der Waals surface area contributed by atoms with E-state index >= 15 is 0 Å². The van der Waals surface area contributed by atoms with Crippen molar-refractivity contribution in [2.24, 2.45) is 4.99 Å². The highest BCUT2D eigenvalue weighted by Crippen LogP contribution is 2.29. The molecule has 1 aromatic heterocycles. The zero-order valence-corrected chi connectivity index (χ0v) is 18.8. The number of nitrogens with zero attached hydrogens (tertiary/aromatic N) is 2. The molecule has 0 aliphatic rings. The lowest BCUT2D eigenvalue weighted by atomic mass is 10.1. The van der Waals surface area contributed by atoms with Gasteiger partial charge in [0.25, 0.3) is 0 Å². The number of rotatable bonds is 8. The first-order chi connectivity index (χ1) is 12.9. The highest BCUT2D eigenvalue weighted by Gasteiger charge is 2.33. The number of ether oxygens (including phenoxy) is 1. The van der Waals surface area contributed by atoms with Crippen LogP contribution in [0.3, 0.4) is 0 Å². The molecule has 0 aliphatic heterocycles. The van der Waals surface area contributed by atoms with Crippen LogP contribution in [0.25, 0.3) is 0 Å². The fraction of sp³-hybridized carbons (Fsp3) is 0.444. The highest BCUT2D eigenvalue weighted by molar-refractivity contribution is 14.0. The summed E-state index contributed by atoms with van der Waals surface area (Å²) in [5.41, 5.74) is 1.29. The minimum atomic E-state index is -4.39. The van der Waals surface area contributed by atoms with Gasteiger partial charge in [-0.05, 0) is 18.1 Å². The quantitative estimate of drug-likeness (QED) is 0.306. The number of hydrogen-bond donors (Lipinski definition) is 2. The smallest absolute Gasteiger partial charge is 0.380 e. The molecule has 0 amide bonds. The van der Waals surface area contributed by atoms with Crippen molar-refractivity contribution in [2.45, 2.75) is 32.7 Å². The molecule has 2 rings (SSSR count). The Morgan fingerprint density at radius 2 is 2.00 bits per heavy atom. The first-order valence-corrected chi connectivity index (χ1v) is 9.41. The van der Waals surface area contributed by atoms with E-state index in [9.17, 15) is 13.2 Å². The van der Waals surface area contributed by atoms with Gasteiger partial charge in [0, 0.05) is 32.0 Å². The van der Waals surface area contributed by atoms with Gasteiger partial charge in [-0.3, -0.25) is 0 Å². The maximum Gasteiger partial charge on any atom is 0.434 e. The fourth-order valence-electron chi connectivity index (χ4n) is 2.34. The lowest BCUT2D eigenvalue weighted by Crippen LogP contribution is -2.38. The number of benzene rings is 1. The number of guanidine groups is 1. The SMILES string of the molecule is CCNC(=NCc1cccc(COC)c1)NCCc1nc(C(F)(F)F)cs1.I. The fourth-order valence-corrected chi connectivity index (χ4v) is 3.15.